The van der Waals surface area contributed by atoms with Crippen molar-refractivity contribution in [3.63, 3.8) is 0 Å². The molecule has 0 saturated carbocycles. The van der Waals surface area contributed by atoms with Crippen molar-refractivity contribution in [3.8, 4) is 0 Å². The van der Waals surface area contributed by atoms with Crippen LogP contribution >= 0.6 is 11.6 Å². The van der Waals surface area contributed by atoms with Crippen LogP contribution in [0.15, 0.2) is 29.2 Å². The molecule has 0 spiro atoms. The highest BCUT2D eigenvalue weighted by Gasteiger charge is 2.17. The number of hydrogen-bond acceptors (Lipinski definition) is 3. The number of sulfonamides is 1. The van der Waals surface area contributed by atoms with Gasteiger partial charge in [0.2, 0.25) is 15.9 Å². The molecule has 0 bridgehead atoms. The molecule has 112 valence electrons. The number of amides is 1. The van der Waals surface area contributed by atoms with Crippen LogP contribution in [0, 0.1) is 0 Å². The van der Waals surface area contributed by atoms with Gasteiger partial charge in [0.25, 0.3) is 0 Å². The smallest absolute Gasteiger partial charge is 0.242 e. The second kappa shape index (κ2) is 7.61. The number of nitrogens with one attached hydrogen (secondary N) is 2. The Morgan fingerprint density at radius 2 is 2.00 bits per heavy atom. The molecule has 20 heavy (non-hydrogen) atoms. The van der Waals surface area contributed by atoms with E-state index in [1.807, 2.05) is 13.8 Å². The van der Waals surface area contributed by atoms with Gasteiger partial charge in [0.05, 0.1) is 5.02 Å². The molecule has 0 aromatic heterocycles. The van der Waals surface area contributed by atoms with E-state index >= 15 is 0 Å². The lowest BCUT2D eigenvalue weighted by atomic mass is 10.2. The highest BCUT2D eigenvalue weighted by Crippen LogP contribution is 2.19. The maximum absolute atomic E-state index is 12.0. The fourth-order valence-electron chi connectivity index (χ4n) is 1.49. The van der Waals surface area contributed by atoms with Crippen LogP contribution in [0.3, 0.4) is 0 Å². The Balaban J connectivity index is 2.53. The first-order valence-corrected chi connectivity index (χ1v) is 8.26. The summed E-state index contributed by atoms with van der Waals surface area (Å²) in [5.74, 6) is -0.179. The van der Waals surface area contributed by atoms with E-state index in [1.54, 1.807) is 12.1 Å². The van der Waals surface area contributed by atoms with E-state index in [-0.39, 0.29) is 34.8 Å². The van der Waals surface area contributed by atoms with Crippen molar-refractivity contribution in [2.24, 2.45) is 0 Å². The number of benzene rings is 1. The second-order valence-corrected chi connectivity index (χ2v) is 6.60. The van der Waals surface area contributed by atoms with Gasteiger partial charge < -0.3 is 5.32 Å². The molecule has 0 fully saturated rings. The summed E-state index contributed by atoms with van der Waals surface area (Å²) in [7, 11) is -3.68. The largest absolute Gasteiger partial charge is 0.354 e. The first-order chi connectivity index (χ1) is 9.36. The quantitative estimate of drug-likeness (QED) is 0.806. The zero-order chi connectivity index (χ0) is 15.2. The third-order valence-electron chi connectivity index (χ3n) is 2.79. The van der Waals surface area contributed by atoms with E-state index < -0.39 is 10.0 Å². The average molecular weight is 319 g/mol. The van der Waals surface area contributed by atoms with Crippen LogP contribution in [0.4, 0.5) is 0 Å². The van der Waals surface area contributed by atoms with Crippen LogP contribution in [0.1, 0.15) is 26.7 Å². The molecule has 0 aliphatic heterocycles. The first-order valence-electron chi connectivity index (χ1n) is 6.40. The molecule has 1 amide bonds. The number of carbonyl (C=O) groups excluding carboxylic acids is 1. The Kier molecular flexibility index (Phi) is 6.45. The molecule has 0 aliphatic carbocycles. The molecule has 0 heterocycles. The highest BCUT2D eigenvalue weighted by atomic mass is 35.5. The van der Waals surface area contributed by atoms with Crippen LogP contribution in [-0.4, -0.2) is 26.9 Å². The fraction of sp³-hybridized carbons (Fsp3) is 0.462. The predicted molar refractivity (Wildman–Crippen MR) is 79.2 cm³/mol. The predicted octanol–water partition coefficient (Wildman–Crippen LogP) is 1.92. The molecule has 5 nitrogen and oxygen atoms in total. The van der Waals surface area contributed by atoms with Crippen molar-refractivity contribution in [2.45, 2.75) is 37.6 Å². The number of carbonyl (C=O) groups is 1. The zero-order valence-corrected chi connectivity index (χ0v) is 13.1. The van der Waals surface area contributed by atoms with Crippen LogP contribution in [0.5, 0.6) is 0 Å². The van der Waals surface area contributed by atoms with Crippen LogP contribution in [0.25, 0.3) is 0 Å². The minimum Gasteiger partial charge on any atom is -0.354 e. The van der Waals surface area contributed by atoms with Crippen LogP contribution < -0.4 is 10.0 Å². The van der Waals surface area contributed by atoms with E-state index in [0.29, 0.717) is 0 Å². The van der Waals surface area contributed by atoms with Gasteiger partial charge in [0.15, 0.2) is 0 Å². The molecule has 0 aliphatic rings. The van der Waals surface area contributed by atoms with E-state index in [2.05, 4.69) is 10.0 Å². The van der Waals surface area contributed by atoms with Crippen molar-refractivity contribution < 1.29 is 13.2 Å². The van der Waals surface area contributed by atoms with Crippen molar-refractivity contribution >= 4 is 27.5 Å². The van der Waals surface area contributed by atoms with Gasteiger partial charge in [-0.25, -0.2) is 13.1 Å². The summed E-state index contributed by atoms with van der Waals surface area (Å²) in [5, 5.41) is 2.92. The molecule has 7 heteroatoms. The van der Waals surface area contributed by atoms with Crippen LogP contribution in [-0.2, 0) is 14.8 Å². The molecular weight excluding hydrogens is 300 g/mol. The van der Waals surface area contributed by atoms with Gasteiger partial charge in [0.1, 0.15) is 4.90 Å². The highest BCUT2D eigenvalue weighted by molar-refractivity contribution is 7.89. The topological polar surface area (TPSA) is 75.3 Å². The van der Waals surface area contributed by atoms with E-state index in [1.165, 1.54) is 12.1 Å². The summed E-state index contributed by atoms with van der Waals surface area (Å²) in [6.07, 6.45) is 0.922. The lowest BCUT2D eigenvalue weighted by Crippen LogP contribution is -2.35. The molecule has 2 N–H and O–H groups in total. The summed E-state index contributed by atoms with van der Waals surface area (Å²) in [4.78, 5) is 11.5. The van der Waals surface area contributed by atoms with E-state index in [0.717, 1.165) is 6.42 Å². The summed E-state index contributed by atoms with van der Waals surface area (Å²) >= 11 is 5.84. The van der Waals surface area contributed by atoms with Crippen molar-refractivity contribution in [1.29, 1.82) is 0 Å². The minimum absolute atomic E-state index is 0.0176. The van der Waals surface area contributed by atoms with Gasteiger partial charge in [-0.3, -0.25) is 4.79 Å². The third-order valence-corrected chi connectivity index (χ3v) is 4.75. The Labute approximate surface area is 124 Å². The van der Waals surface area contributed by atoms with Gasteiger partial charge in [-0.2, -0.15) is 0 Å². The lowest BCUT2D eigenvalue weighted by molar-refractivity contribution is -0.121. The maximum Gasteiger partial charge on any atom is 0.242 e. The molecular formula is C13H19ClN2O3S. The van der Waals surface area contributed by atoms with Crippen molar-refractivity contribution in [2.75, 3.05) is 6.54 Å². The lowest BCUT2D eigenvalue weighted by Gasteiger charge is -2.12. The normalized spacial score (nSPS) is 12.9. The van der Waals surface area contributed by atoms with Gasteiger partial charge in [0, 0.05) is 19.0 Å². The standard InChI is InChI=1S/C13H19ClN2O3S/c1-3-10(2)16-13(17)8-9-15-20(18,19)12-7-5-4-6-11(12)14/h4-7,10,15H,3,8-9H2,1-2H3,(H,16,17). The first kappa shape index (κ1) is 16.9. The SMILES string of the molecule is CCC(C)NC(=O)CCNS(=O)(=O)c1ccccc1Cl. The maximum atomic E-state index is 12.0. The van der Waals surface area contributed by atoms with Crippen molar-refractivity contribution in [1.82, 2.24) is 10.0 Å². The van der Waals surface area contributed by atoms with Gasteiger partial charge in [-0.1, -0.05) is 30.7 Å². The van der Waals surface area contributed by atoms with Crippen LogP contribution in [0.2, 0.25) is 5.02 Å². The summed E-state index contributed by atoms with van der Waals surface area (Å²) < 4.78 is 26.3. The monoisotopic (exact) mass is 318 g/mol. The molecule has 0 saturated heterocycles. The van der Waals surface area contributed by atoms with E-state index in [4.69, 9.17) is 11.6 Å². The third kappa shape index (κ3) is 5.11. The van der Waals surface area contributed by atoms with Crippen molar-refractivity contribution in [3.05, 3.63) is 29.3 Å². The van der Waals surface area contributed by atoms with Gasteiger partial charge in [-0.15, -0.1) is 0 Å². The molecule has 1 aromatic carbocycles. The Hall–Kier alpha value is -1.11. The minimum atomic E-state index is -3.68. The molecule has 0 radical (unpaired) electrons. The molecule has 1 unspecified atom stereocenters. The number of hydrogen-bond donors (Lipinski definition) is 2. The molecule has 1 rings (SSSR count). The van der Waals surface area contributed by atoms with E-state index in [9.17, 15) is 13.2 Å². The summed E-state index contributed by atoms with van der Waals surface area (Å²) in [6, 6.07) is 6.26. The number of rotatable bonds is 7. The molecule has 1 aromatic rings. The Morgan fingerprint density at radius 3 is 2.60 bits per heavy atom. The Bertz CT molecular complexity index is 560. The second-order valence-electron chi connectivity index (χ2n) is 4.46. The molecule has 1 atom stereocenters. The summed E-state index contributed by atoms with van der Waals surface area (Å²) in [5.41, 5.74) is 0. The zero-order valence-electron chi connectivity index (χ0n) is 11.5. The fourth-order valence-corrected chi connectivity index (χ4v) is 3.04. The van der Waals surface area contributed by atoms with Gasteiger partial charge in [-0.05, 0) is 25.5 Å². The van der Waals surface area contributed by atoms with Gasteiger partial charge >= 0.3 is 0 Å². The average Bonchev–Trinajstić information content (AvgIpc) is 2.38. The number of halogens is 1. The Morgan fingerprint density at radius 1 is 1.35 bits per heavy atom. The summed E-state index contributed by atoms with van der Waals surface area (Å²) in [6.45, 7) is 3.90.